The van der Waals surface area contributed by atoms with Gasteiger partial charge in [-0.15, -0.1) is 0 Å². The molecule has 0 aliphatic rings. The van der Waals surface area contributed by atoms with Crippen molar-refractivity contribution in [1.82, 2.24) is 15.7 Å². The Hall–Kier alpha value is -1.51. The molecule has 0 amide bonds. The monoisotopic (exact) mass is 132 g/mol. The van der Waals surface area contributed by atoms with Gasteiger partial charge in [-0.3, -0.25) is 5.73 Å². The van der Waals surface area contributed by atoms with Crippen molar-refractivity contribution in [1.29, 1.82) is 0 Å². The van der Waals surface area contributed by atoms with Gasteiger partial charge in [0.2, 0.25) is 5.95 Å². The number of benzene rings is 1. The number of imidazole rings is 1. The Balaban J connectivity index is 2.88. The molecule has 0 aliphatic heterocycles. The lowest BCUT2D eigenvalue weighted by atomic mass is 10.3. The molecule has 0 unspecified atom stereocenters. The van der Waals surface area contributed by atoms with Crippen LogP contribution >= 0.6 is 0 Å². The van der Waals surface area contributed by atoms with Crippen LogP contribution in [0.4, 0.5) is 5.95 Å². The lowest BCUT2D eigenvalue weighted by Crippen LogP contribution is -1.66. The fourth-order valence-electron chi connectivity index (χ4n) is 0.953. The zero-order valence-corrected chi connectivity index (χ0v) is 5.26. The van der Waals surface area contributed by atoms with Crippen molar-refractivity contribution >= 4 is 17.0 Å². The van der Waals surface area contributed by atoms with E-state index in [1.54, 1.807) is 0 Å². The second-order valence-electron chi connectivity index (χ2n) is 2.10. The van der Waals surface area contributed by atoms with Crippen molar-refractivity contribution in [2.45, 2.75) is 0 Å². The smallest absolute Gasteiger partial charge is 0.220 e. The average Bonchev–Trinajstić information content (AvgIpc) is 2.27. The van der Waals surface area contributed by atoms with Gasteiger partial charge in [-0.25, -0.2) is 4.98 Å². The largest absolute Gasteiger partial charge is 0.323 e. The van der Waals surface area contributed by atoms with E-state index in [1.165, 1.54) is 0 Å². The fourth-order valence-corrected chi connectivity index (χ4v) is 0.953. The summed E-state index contributed by atoms with van der Waals surface area (Å²) in [5.41, 5.74) is 8.93. The number of nitrogens with one attached hydrogen (secondary N) is 2. The Morgan fingerprint density at radius 2 is 2.10 bits per heavy atom. The van der Waals surface area contributed by atoms with Crippen LogP contribution in [-0.4, -0.2) is 9.97 Å². The van der Waals surface area contributed by atoms with Crippen molar-refractivity contribution in [3.63, 3.8) is 0 Å². The Labute approximate surface area is 57.9 Å². The van der Waals surface area contributed by atoms with Crippen LogP contribution in [0, 0.1) is 0 Å². The number of hydrogen-bond acceptors (Lipinski definition) is 1. The highest BCUT2D eigenvalue weighted by Crippen LogP contribution is 2.10. The van der Waals surface area contributed by atoms with Crippen LogP contribution in [-0.2, 0) is 0 Å². The first-order chi connectivity index (χ1) is 4.86. The number of aromatic amines is 1. The molecule has 3 nitrogen and oxygen atoms in total. The van der Waals surface area contributed by atoms with E-state index in [9.17, 15) is 0 Å². The third-order valence-corrected chi connectivity index (χ3v) is 1.39. The highest BCUT2D eigenvalue weighted by atomic mass is 15.0. The number of nitrogens with zero attached hydrogens (tertiary/aromatic N) is 1. The minimum atomic E-state index is 0.223. The number of fused-ring (bicyclic) bond motifs is 1. The lowest BCUT2D eigenvalue weighted by Gasteiger charge is -1.81. The predicted molar refractivity (Wildman–Crippen MR) is 38.9 cm³/mol. The normalized spacial score (nSPS) is 10.4. The molecule has 3 heteroatoms. The zero-order chi connectivity index (χ0) is 6.97. The molecule has 2 aromatic rings. The van der Waals surface area contributed by atoms with E-state index in [2.05, 4.69) is 9.97 Å². The summed E-state index contributed by atoms with van der Waals surface area (Å²) in [6.07, 6.45) is 0. The molecule has 2 N–H and O–H groups in total. The lowest BCUT2D eigenvalue weighted by molar-refractivity contribution is 1.24. The third-order valence-electron chi connectivity index (χ3n) is 1.39. The van der Waals surface area contributed by atoms with Crippen LogP contribution in [0.3, 0.4) is 0 Å². The van der Waals surface area contributed by atoms with E-state index in [0.717, 1.165) is 11.0 Å². The highest BCUT2D eigenvalue weighted by Gasteiger charge is 1.95. The van der Waals surface area contributed by atoms with Gasteiger partial charge in [-0.05, 0) is 12.1 Å². The Bertz CT molecular complexity index is 317. The summed E-state index contributed by atoms with van der Waals surface area (Å²) < 4.78 is 0. The molecule has 0 spiro atoms. The van der Waals surface area contributed by atoms with E-state index in [4.69, 9.17) is 5.73 Å². The van der Waals surface area contributed by atoms with Gasteiger partial charge in [-0.1, -0.05) is 12.1 Å². The Morgan fingerprint density at radius 1 is 1.30 bits per heavy atom. The van der Waals surface area contributed by atoms with Gasteiger partial charge < -0.3 is 4.98 Å². The maximum Gasteiger partial charge on any atom is 0.220 e. The molecule has 0 atom stereocenters. The van der Waals surface area contributed by atoms with Gasteiger partial charge in [0.25, 0.3) is 0 Å². The summed E-state index contributed by atoms with van der Waals surface area (Å²) in [6.45, 7) is 0. The number of para-hydroxylation sites is 2. The van der Waals surface area contributed by atoms with E-state index < -0.39 is 0 Å². The minimum Gasteiger partial charge on any atom is -0.323 e. The molecule has 1 heterocycles. The van der Waals surface area contributed by atoms with Crippen LogP contribution in [0.1, 0.15) is 0 Å². The molecule has 49 valence electrons. The van der Waals surface area contributed by atoms with Crippen molar-refractivity contribution in [2.75, 3.05) is 0 Å². The van der Waals surface area contributed by atoms with Gasteiger partial charge in [0.15, 0.2) is 0 Å². The number of rotatable bonds is 0. The van der Waals surface area contributed by atoms with Gasteiger partial charge in [0, 0.05) is 0 Å². The molecule has 0 aliphatic carbocycles. The molecular formula is C7H6N3. The van der Waals surface area contributed by atoms with Crippen LogP contribution in [0.25, 0.3) is 11.0 Å². The number of hydrogen-bond donors (Lipinski definition) is 1. The first kappa shape index (κ1) is 5.29. The van der Waals surface area contributed by atoms with Crippen LogP contribution in [0.15, 0.2) is 24.3 Å². The number of H-pyrrole nitrogens is 1. The number of aromatic nitrogens is 2. The van der Waals surface area contributed by atoms with Crippen LogP contribution < -0.4 is 5.73 Å². The van der Waals surface area contributed by atoms with E-state index in [-0.39, 0.29) is 5.95 Å². The molecule has 1 aromatic heterocycles. The molecule has 0 fully saturated rings. The van der Waals surface area contributed by atoms with E-state index in [1.807, 2.05) is 24.3 Å². The summed E-state index contributed by atoms with van der Waals surface area (Å²) in [5, 5.41) is 0. The summed E-state index contributed by atoms with van der Waals surface area (Å²) in [5.74, 6) is 0.223. The third kappa shape index (κ3) is 0.639. The van der Waals surface area contributed by atoms with Crippen molar-refractivity contribution in [2.24, 2.45) is 0 Å². The first-order valence-corrected chi connectivity index (χ1v) is 3.02. The zero-order valence-electron chi connectivity index (χ0n) is 5.26. The van der Waals surface area contributed by atoms with Crippen molar-refractivity contribution < 1.29 is 0 Å². The molecule has 1 radical (unpaired) electrons. The average molecular weight is 132 g/mol. The molecule has 10 heavy (non-hydrogen) atoms. The molecule has 2 rings (SSSR count). The van der Waals surface area contributed by atoms with Crippen molar-refractivity contribution in [3.05, 3.63) is 24.3 Å². The quantitative estimate of drug-likeness (QED) is 0.579. The van der Waals surface area contributed by atoms with E-state index in [0.29, 0.717) is 0 Å². The second kappa shape index (κ2) is 1.73. The maximum atomic E-state index is 7.16. The first-order valence-electron chi connectivity index (χ1n) is 3.02. The van der Waals surface area contributed by atoms with Gasteiger partial charge in [-0.2, -0.15) is 0 Å². The summed E-state index contributed by atoms with van der Waals surface area (Å²) >= 11 is 0. The van der Waals surface area contributed by atoms with Crippen LogP contribution in [0.5, 0.6) is 0 Å². The SMILES string of the molecule is [NH]c1nc2ccccc2[nH]1. The van der Waals surface area contributed by atoms with Gasteiger partial charge in [0.1, 0.15) is 0 Å². The summed E-state index contributed by atoms with van der Waals surface area (Å²) in [7, 11) is 0. The Kier molecular flexibility index (Phi) is 0.917. The van der Waals surface area contributed by atoms with Crippen LogP contribution in [0.2, 0.25) is 0 Å². The molecule has 1 aromatic carbocycles. The van der Waals surface area contributed by atoms with Gasteiger partial charge >= 0.3 is 0 Å². The highest BCUT2D eigenvalue weighted by molar-refractivity contribution is 5.76. The Morgan fingerprint density at radius 3 is 2.90 bits per heavy atom. The summed E-state index contributed by atoms with van der Waals surface area (Å²) in [6, 6.07) is 7.60. The molecular weight excluding hydrogens is 126 g/mol. The maximum absolute atomic E-state index is 7.16. The molecule has 0 saturated carbocycles. The molecule has 0 saturated heterocycles. The second-order valence-corrected chi connectivity index (χ2v) is 2.10. The molecule has 0 bridgehead atoms. The minimum absolute atomic E-state index is 0.223. The summed E-state index contributed by atoms with van der Waals surface area (Å²) in [4.78, 5) is 6.74. The predicted octanol–water partition coefficient (Wildman–Crippen LogP) is 1.48. The fraction of sp³-hybridized carbons (Fsp3) is 0. The topological polar surface area (TPSA) is 52.5 Å². The van der Waals surface area contributed by atoms with Crippen molar-refractivity contribution in [3.8, 4) is 0 Å². The standard InChI is InChI=1S/C7H6N3/c8-7-9-5-3-1-2-4-6(5)10-7/h1-4,8H,(H,9,10). The van der Waals surface area contributed by atoms with E-state index >= 15 is 0 Å². The van der Waals surface area contributed by atoms with Gasteiger partial charge in [0.05, 0.1) is 11.0 Å².